The van der Waals surface area contributed by atoms with Crippen LogP contribution in [-0.2, 0) is 4.79 Å². The average Bonchev–Trinajstić information content (AvgIpc) is 3.25. The van der Waals surface area contributed by atoms with Gasteiger partial charge in [-0.25, -0.2) is 9.07 Å². The van der Waals surface area contributed by atoms with Crippen molar-refractivity contribution in [3.8, 4) is 5.69 Å². The third-order valence-corrected chi connectivity index (χ3v) is 5.52. The van der Waals surface area contributed by atoms with Gasteiger partial charge in [-0.3, -0.25) is 9.59 Å². The molecule has 1 aliphatic rings. The van der Waals surface area contributed by atoms with E-state index < -0.39 is 5.91 Å². The van der Waals surface area contributed by atoms with Gasteiger partial charge in [-0.05, 0) is 55.8 Å². The van der Waals surface area contributed by atoms with Gasteiger partial charge in [-0.15, -0.1) is 0 Å². The Balaban J connectivity index is 1.58. The van der Waals surface area contributed by atoms with Crippen molar-refractivity contribution in [2.75, 3.05) is 16.8 Å². The molecule has 2 amide bonds. The summed E-state index contributed by atoms with van der Waals surface area (Å²) in [5, 5.41) is 7.54. The quantitative estimate of drug-likeness (QED) is 0.612. The van der Waals surface area contributed by atoms with Crippen LogP contribution >= 0.6 is 23.2 Å². The van der Waals surface area contributed by atoms with Crippen LogP contribution in [0.4, 0.5) is 15.8 Å². The number of rotatable bonds is 4. The topological polar surface area (TPSA) is 67.2 Å². The lowest BCUT2D eigenvalue weighted by atomic mass is 10.2. The molecule has 2 aromatic carbocycles. The number of aromatic nitrogens is 2. The van der Waals surface area contributed by atoms with Crippen molar-refractivity contribution in [3.63, 3.8) is 0 Å². The summed E-state index contributed by atoms with van der Waals surface area (Å²) < 4.78 is 14.6. The van der Waals surface area contributed by atoms with Gasteiger partial charge < -0.3 is 10.2 Å². The van der Waals surface area contributed by atoms with Gasteiger partial charge in [0.1, 0.15) is 16.5 Å². The minimum Gasteiger partial charge on any atom is -0.322 e. The Morgan fingerprint density at radius 2 is 1.90 bits per heavy atom. The van der Waals surface area contributed by atoms with Gasteiger partial charge >= 0.3 is 0 Å². The fourth-order valence-electron chi connectivity index (χ4n) is 3.41. The summed E-state index contributed by atoms with van der Waals surface area (Å²) in [6.45, 7) is 2.29. The smallest absolute Gasteiger partial charge is 0.260 e. The molecule has 1 N–H and O–H groups in total. The number of carbonyl (C=O) groups excluding carboxylic acids is 2. The minimum absolute atomic E-state index is 0.0318. The first-order chi connectivity index (χ1) is 14.3. The second-order valence-corrected chi connectivity index (χ2v) is 7.67. The van der Waals surface area contributed by atoms with Gasteiger partial charge in [0.25, 0.3) is 5.91 Å². The Labute approximate surface area is 182 Å². The van der Waals surface area contributed by atoms with Gasteiger partial charge in [-0.2, -0.15) is 5.10 Å². The van der Waals surface area contributed by atoms with Gasteiger partial charge in [0.15, 0.2) is 0 Å². The zero-order valence-electron chi connectivity index (χ0n) is 16.0. The monoisotopic (exact) mass is 446 g/mol. The fourth-order valence-corrected chi connectivity index (χ4v) is 4.05. The standard InChI is InChI=1S/C21H17Cl2FN4O2/c1-12-19(20(23)28(26-12)15-7-4-13(24)5-8-15)21(30)25-14-6-9-17(16(22)11-14)27-10-2-3-18(27)29/h4-9,11H,2-3,10H2,1H3,(H,25,30). The molecule has 0 aliphatic carbocycles. The van der Waals surface area contributed by atoms with E-state index in [1.165, 1.54) is 28.9 Å². The summed E-state index contributed by atoms with van der Waals surface area (Å²) in [6, 6.07) is 10.6. The molecule has 0 spiro atoms. The third kappa shape index (κ3) is 3.78. The molecule has 1 aliphatic heterocycles. The summed E-state index contributed by atoms with van der Waals surface area (Å²) >= 11 is 12.7. The van der Waals surface area contributed by atoms with Crippen LogP contribution in [0.25, 0.3) is 5.69 Å². The number of halogens is 3. The summed E-state index contributed by atoms with van der Waals surface area (Å²) in [7, 11) is 0. The maximum Gasteiger partial charge on any atom is 0.260 e. The number of hydrogen-bond donors (Lipinski definition) is 1. The first-order valence-electron chi connectivity index (χ1n) is 9.27. The van der Waals surface area contributed by atoms with E-state index in [1.54, 1.807) is 30.0 Å². The van der Waals surface area contributed by atoms with Crippen molar-refractivity contribution in [1.29, 1.82) is 0 Å². The predicted octanol–water partition coefficient (Wildman–Crippen LogP) is 5.01. The first-order valence-corrected chi connectivity index (χ1v) is 10.0. The van der Waals surface area contributed by atoms with Crippen molar-refractivity contribution in [2.24, 2.45) is 0 Å². The molecule has 0 bridgehead atoms. The molecule has 154 valence electrons. The van der Waals surface area contributed by atoms with Crippen LogP contribution in [-0.4, -0.2) is 28.1 Å². The highest BCUT2D eigenvalue weighted by Crippen LogP contribution is 2.32. The highest BCUT2D eigenvalue weighted by Gasteiger charge is 2.25. The van der Waals surface area contributed by atoms with Crippen LogP contribution in [0, 0.1) is 12.7 Å². The maximum atomic E-state index is 13.2. The number of amides is 2. The van der Waals surface area contributed by atoms with E-state index in [4.69, 9.17) is 23.2 Å². The minimum atomic E-state index is -0.452. The van der Waals surface area contributed by atoms with E-state index in [1.807, 2.05) is 0 Å². The Morgan fingerprint density at radius 1 is 1.17 bits per heavy atom. The number of carbonyl (C=O) groups is 2. The maximum absolute atomic E-state index is 13.2. The number of hydrogen-bond acceptors (Lipinski definition) is 3. The Hall–Kier alpha value is -2.90. The predicted molar refractivity (Wildman–Crippen MR) is 114 cm³/mol. The van der Waals surface area contributed by atoms with Crippen LogP contribution in [0.2, 0.25) is 10.2 Å². The zero-order valence-corrected chi connectivity index (χ0v) is 17.5. The van der Waals surface area contributed by atoms with Crippen LogP contribution in [0.1, 0.15) is 28.9 Å². The van der Waals surface area contributed by atoms with Crippen molar-refractivity contribution >= 4 is 46.4 Å². The highest BCUT2D eigenvalue weighted by atomic mass is 35.5. The molecule has 3 aromatic rings. The molecule has 9 heteroatoms. The molecule has 6 nitrogen and oxygen atoms in total. The Bertz CT molecular complexity index is 1140. The molecular weight excluding hydrogens is 430 g/mol. The summed E-state index contributed by atoms with van der Waals surface area (Å²) in [6.07, 6.45) is 1.30. The average molecular weight is 447 g/mol. The second kappa shape index (κ2) is 8.08. The van der Waals surface area contributed by atoms with Crippen molar-refractivity contribution in [2.45, 2.75) is 19.8 Å². The third-order valence-electron chi connectivity index (χ3n) is 4.87. The van der Waals surface area contributed by atoms with E-state index in [2.05, 4.69) is 10.4 Å². The van der Waals surface area contributed by atoms with E-state index >= 15 is 0 Å². The molecule has 1 saturated heterocycles. The van der Waals surface area contributed by atoms with Crippen molar-refractivity contribution in [1.82, 2.24) is 9.78 Å². The summed E-state index contributed by atoms with van der Waals surface area (Å²) in [5.74, 6) is -0.802. The van der Waals surface area contributed by atoms with E-state index in [9.17, 15) is 14.0 Å². The number of benzene rings is 2. The SMILES string of the molecule is Cc1nn(-c2ccc(F)cc2)c(Cl)c1C(=O)Nc1ccc(N2CCCC2=O)c(Cl)c1. The molecule has 4 rings (SSSR count). The lowest BCUT2D eigenvalue weighted by molar-refractivity contribution is -0.117. The van der Waals surface area contributed by atoms with E-state index in [-0.39, 0.29) is 22.4 Å². The number of nitrogens with zero attached hydrogens (tertiary/aromatic N) is 3. The largest absolute Gasteiger partial charge is 0.322 e. The molecular formula is C21H17Cl2FN4O2. The lowest BCUT2D eigenvalue weighted by Crippen LogP contribution is -2.24. The van der Waals surface area contributed by atoms with E-state index in [0.717, 1.165) is 6.42 Å². The Kier molecular flexibility index (Phi) is 5.49. The van der Waals surface area contributed by atoms with Gasteiger partial charge in [-0.1, -0.05) is 23.2 Å². The van der Waals surface area contributed by atoms with Gasteiger partial charge in [0.2, 0.25) is 5.91 Å². The van der Waals surface area contributed by atoms with Gasteiger partial charge in [0.05, 0.1) is 22.1 Å². The van der Waals surface area contributed by atoms with Crippen molar-refractivity contribution in [3.05, 3.63) is 69.7 Å². The van der Waals surface area contributed by atoms with Crippen LogP contribution in [0.15, 0.2) is 42.5 Å². The molecule has 0 radical (unpaired) electrons. The molecule has 2 heterocycles. The highest BCUT2D eigenvalue weighted by molar-refractivity contribution is 6.35. The molecule has 0 unspecified atom stereocenters. The van der Waals surface area contributed by atoms with Crippen LogP contribution < -0.4 is 10.2 Å². The molecule has 0 atom stereocenters. The fraction of sp³-hybridized carbons (Fsp3) is 0.190. The van der Waals surface area contributed by atoms with Gasteiger partial charge in [0, 0.05) is 18.7 Å². The molecule has 0 saturated carbocycles. The van der Waals surface area contributed by atoms with Crippen molar-refractivity contribution < 1.29 is 14.0 Å². The van der Waals surface area contributed by atoms with Crippen LogP contribution in [0.5, 0.6) is 0 Å². The van der Waals surface area contributed by atoms with E-state index in [0.29, 0.717) is 40.7 Å². The normalized spacial score (nSPS) is 13.7. The lowest BCUT2D eigenvalue weighted by Gasteiger charge is -2.18. The number of anilines is 2. The summed E-state index contributed by atoms with van der Waals surface area (Å²) in [4.78, 5) is 26.4. The summed E-state index contributed by atoms with van der Waals surface area (Å²) in [5.41, 5.74) is 2.25. The zero-order chi connectivity index (χ0) is 21.4. The number of nitrogens with one attached hydrogen (secondary N) is 1. The Morgan fingerprint density at radius 3 is 2.53 bits per heavy atom. The number of aryl methyl sites for hydroxylation is 1. The molecule has 1 fully saturated rings. The first kappa shape index (κ1) is 20.4. The van der Waals surface area contributed by atoms with Crippen LogP contribution in [0.3, 0.4) is 0 Å². The molecule has 1 aromatic heterocycles. The second-order valence-electron chi connectivity index (χ2n) is 6.91. The molecule has 30 heavy (non-hydrogen) atoms.